The first-order valence-corrected chi connectivity index (χ1v) is 6.75. The molecule has 0 radical (unpaired) electrons. The van der Waals surface area contributed by atoms with Crippen LogP contribution >= 0.6 is 0 Å². The fourth-order valence-corrected chi connectivity index (χ4v) is 2.05. The Bertz CT molecular complexity index is 742. The van der Waals surface area contributed by atoms with Crippen LogP contribution in [0.5, 0.6) is 0 Å². The molecule has 5 nitrogen and oxygen atoms in total. The van der Waals surface area contributed by atoms with E-state index >= 15 is 0 Å². The molecule has 0 aliphatic heterocycles. The van der Waals surface area contributed by atoms with E-state index in [9.17, 15) is 22.8 Å². The molecule has 0 unspecified atom stereocenters. The highest BCUT2D eigenvalue weighted by Crippen LogP contribution is 2.25. The van der Waals surface area contributed by atoms with Crippen LogP contribution in [-0.2, 0) is 17.5 Å². The largest absolute Gasteiger partial charge is 0.421 e. The van der Waals surface area contributed by atoms with Crippen molar-refractivity contribution in [3.05, 3.63) is 64.3 Å². The predicted octanol–water partition coefficient (Wildman–Crippen LogP) is 2.14. The van der Waals surface area contributed by atoms with Crippen LogP contribution in [0.15, 0.2) is 47.7 Å². The Hall–Kier alpha value is -2.64. The molecule has 0 saturated carbocycles. The SMILES string of the molecule is C[C@@H](NC(=O)Cn1cccc(C(F)(F)F)c1=O)c1ccncc1. The van der Waals surface area contributed by atoms with Gasteiger partial charge in [-0.25, -0.2) is 0 Å². The third kappa shape index (κ3) is 4.18. The standard InChI is InChI=1S/C15H14F3N3O2/c1-10(11-4-6-19-7-5-11)20-13(22)9-21-8-2-3-12(14(21)23)15(16,17)18/h2-8,10H,9H2,1H3,(H,20,22)/t10-/m1/s1. The average Bonchev–Trinajstić information content (AvgIpc) is 2.49. The van der Waals surface area contributed by atoms with Gasteiger partial charge in [0.05, 0.1) is 6.04 Å². The second-order valence-corrected chi connectivity index (χ2v) is 4.92. The molecule has 23 heavy (non-hydrogen) atoms. The summed E-state index contributed by atoms with van der Waals surface area (Å²) in [6, 6.07) is 4.84. The summed E-state index contributed by atoms with van der Waals surface area (Å²) in [4.78, 5) is 27.6. The Morgan fingerprint density at radius 2 is 1.96 bits per heavy atom. The molecule has 2 aromatic heterocycles. The molecule has 0 saturated heterocycles. The van der Waals surface area contributed by atoms with Crippen LogP contribution in [0.2, 0.25) is 0 Å². The van der Waals surface area contributed by atoms with Crippen molar-refractivity contribution < 1.29 is 18.0 Å². The minimum atomic E-state index is -4.75. The molecule has 1 amide bonds. The van der Waals surface area contributed by atoms with Crippen molar-refractivity contribution in [3.63, 3.8) is 0 Å². The molecule has 1 atom stereocenters. The summed E-state index contributed by atoms with van der Waals surface area (Å²) in [6.07, 6.45) is -0.472. The highest BCUT2D eigenvalue weighted by atomic mass is 19.4. The second-order valence-electron chi connectivity index (χ2n) is 4.92. The lowest BCUT2D eigenvalue weighted by atomic mass is 10.1. The number of halogens is 3. The van der Waals surface area contributed by atoms with Crippen molar-refractivity contribution in [3.8, 4) is 0 Å². The van der Waals surface area contributed by atoms with Crippen LogP contribution in [0.3, 0.4) is 0 Å². The van der Waals surface area contributed by atoms with E-state index in [1.165, 1.54) is 0 Å². The Morgan fingerprint density at radius 1 is 1.30 bits per heavy atom. The molecular weight excluding hydrogens is 311 g/mol. The van der Waals surface area contributed by atoms with Crippen LogP contribution in [0, 0.1) is 0 Å². The summed E-state index contributed by atoms with van der Waals surface area (Å²) in [7, 11) is 0. The maximum Gasteiger partial charge on any atom is 0.421 e. The molecular formula is C15H14F3N3O2. The summed E-state index contributed by atoms with van der Waals surface area (Å²) in [5, 5.41) is 2.62. The van der Waals surface area contributed by atoms with E-state index in [1.54, 1.807) is 31.5 Å². The van der Waals surface area contributed by atoms with E-state index < -0.39 is 29.8 Å². The number of hydrogen-bond acceptors (Lipinski definition) is 3. The summed E-state index contributed by atoms with van der Waals surface area (Å²) in [5.74, 6) is -0.560. The first-order valence-electron chi connectivity index (χ1n) is 6.75. The van der Waals surface area contributed by atoms with Gasteiger partial charge in [0.15, 0.2) is 0 Å². The molecule has 0 spiro atoms. The normalized spacial score (nSPS) is 12.7. The first-order chi connectivity index (χ1) is 10.8. The number of alkyl halides is 3. The third-order valence-electron chi connectivity index (χ3n) is 3.22. The van der Waals surface area contributed by atoms with E-state index in [1.807, 2.05) is 0 Å². The van der Waals surface area contributed by atoms with Gasteiger partial charge in [-0.05, 0) is 36.8 Å². The van der Waals surface area contributed by atoms with Gasteiger partial charge in [0.1, 0.15) is 12.1 Å². The minimum absolute atomic E-state index is 0.355. The Morgan fingerprint density at radius 3 is 2.57 bits per heavy atom. The summed E-state index contributed by atoms with van der Waals surface area (Å²) < 4.78 is 38.8. The molecule has 0 aliphatic rings. The molecule has 2 rings (SSSR count). The Kier molecular flexibility index (Phi) is 4.83. The van der Waals surface area contributed by atoms with Crippen molar-refractivity contribution in [1.29, 1.82) is 0 Å². The lowest BCUT2D eigenvalue weighted by molar-refractivity contribution is -0.139. The molecule has 0 bridgehead atoms. The van der Waals surface area contributed by atoms with Gasteiger partial charge < -0.3 is 9.88 Å². The summed E-state index contributed by atoms with van der Waals surface area (Å²) in [6.45, 7) is 1.24. The van der Waals surface area contributed by atoms with Gasteiger partial charge in [0, 0.05) is 18.6 Å². The topological polar surface area (TPSA) is 64.0 Å². The van der Waals surface area contributed by atoms with E-state index in [0.29, 0.717) is 6.07 Å². The molecule has 0 aromatic carbocycles. The number of hydrogen-bond donors (Lipinski definition) is 1. The van der Waals surface area contributed by atoms with Gasteiger partial charge in [0.25, 0.3) is 5.56 Å². The van der Waals surface area contributed by atoms with Crippen molar-refractivity contribution in [2.75, 3.05) is 0 Å². The van der Waals surface area contributed by atoms with Crippen molar-refractivity contribution in [1.82, 2.24) is 14.9 Å². The second kappa shape index (κ2) is 6.64. The number of carbonyl (C=O) groups excluding carboxylic acids is 1. The molecule has 0 fully saturated rings. The van der Waals surface area contributed by atoms with Gasteiger partial charge >= 0.3 is 6.18 Å². The number of pyridine rings is 2. The monoisotopic (exact) mass is 325 g/mol. The number of aromatic nitrogens is 2. The molecule has 8 heteroatoms. The van der Waals surface area contributed by atoms with Gasteiger partial charge in [0.2, 0.25) is 5.91 Å². The third-order valence-corrected chi connectivity index (χ3v) is 3.22. The number of amides is 1. The van der Waals surface area contributed by atoms with Gasteiger partial charge in [-0.3, -0.25) is 14.6 Å². The maximum atomic E-state index is 12.7. The van der Waals surface area contributed by atoms with E-state index in [2.05, 4.69) is 10.3 Å². The smallest absolute Gasteiger partial charge is 0.348 e. The number of rotatable bonds is 4. The van der Waals surface area contributed by atoms with Crippen molar-refractivity contribution in [2.45, 2.75) is 25.7 Å². The fraction of sp³-hybridized carbons (Fsp3) is 0.267. The van der Waals surface area contributed by atoms with Gasteiger partial charge in [-0.1, -0.05) is 0 Å². The number of carbonyl (C=O) groups is 1. The van der Waals surface area contributed by atoms with E-state index in [4.69, 9.17) is 0 Å². The van der Waals surface area contributed by atoms with E-state index in [0.717, 1.165) is 22.4 Å². The zero-order valence-corrected chi connectivity index (χ0v) is 12.2. The Balaban J connectivity index is 2.11. The van der Waals surface area contributed by atoms with Crippen LogP contribution in [-0.4, -0.2) is 15.5 Å². The van der Waals surface area contributed by atoms with Crippen LogP contribution in [0.25, 0.3) is 0 Å². The highest BCUT2D eigenvalue weighted by molar-refractivity contribution is 5.76. The number of nitrogens with zero attached hydrogens (tertiary/aromatic N) is 2. The summed E-state index contributed by atoms with van der Waals surface area (Å²) >= 11 is 0. The molecule has 1 N–H and O–H groups in total. The zero-order chi connectivity index (χ0) is 17.0. The average molecular weight is 325 g/mol. The Labute approximate surface area is 129 Å². The van der Waals surface area contributed by atoms with Gasteiger partial charge in [-0.2, -0.15) is 13.2 Å². The molecule has 2 aromatic rings. The molecule has 2 heterocycles. The van der Waals surface area contributed by atoms with Crippen molar-refractivity contribution in [2.24, 2.45) is 0 Å². The number of nitrogens with one attached hydrogen (secondary N) is 1. The molecule has 0 aliphatic carbocycles. The lowest BCUT2D eigenvalue weighted by Gasteiger charge is -2.15. The van der Waals surface area contributed by atoms with Crippen LogP contribution < -0.4 is 10.9 Å². The zero-order valence-electron chi connectivity index (χ0n) is 12.2. The van der Waals surface area contributed by atoms with E-state index in [-0.39, 0.29) is 6.04 Å². The summed E-state index contributed by atoms with van der Waals surface area (Å²) in [5.41, 5.74) is -1.74. The minimum Gasteiger partial charge on any atom is -0.348 e. The maximum absolute atomic E-state index is 12.7. The fourth-order valence-electron chi connectivity index (χ4n) is 2.05. The molecule has 122 valence electrons. The van der Waals surface area contributed by atoms with Crippen molar-refractivity contribution >= 4 is 5.91 Å². The van der Waals surface area contributed by atoms with Crippen LogP contribution in [0.4, 0.5) is 13.2 Å². The first kappa shape index (κ1) is 16.7. The lowest BCUT2D eigenvalue weighted by Crippen LogP contribution is -2.35. The van der Waals surface area contributed by atoms with Gasteiger partial charge in [-0.15, -0.1) is 0 Å². The highest BCUT2D eigenvalue weighted by Gasteiger charge is 2.34. The van der Waals surface area contributed by atoms with Crippen LogP contribution in [0.1, 0.15) is 24.1 Å². The predicted molar refractivity (Wildman–Crippen MR) is 76.5 cm³/mol. The quantitative estimate of drug-likeness (QED) is 0.937.